The summed E-state index contributed by atoms with van der Waals surface area (Å²) in [4.78, 5) is 4.39. The average molecular weight is 410 g/mol. The molecule has 1 saturated carbocycles. The van der Waals surface area contributed by atoms with Gasteiger partial charge in [-0.25, -0.2) is 4.39 Å². The van der Waals surface area contributed by atoms with Gasteiger partial charge in [0.25, 0.3) is 0 Å². The van der Waals surface area contributed by atoms with Crippen LogP contribution in [0.2, 0.25) is 0 Å². The lowest BCUT2D eigenvalue weighted by Crippen LogP contribution is -2.27. The monoisotopic (exact) mass is 409 g/mol. The first kappa shape index (κ1) is 23.0. The topological polar surface area (TPSA) is 12.9 Å². The first-order valence-corrected chi connectivity index (χ1v) is 12.3. The molecule has 1 aliphatic carbocycles. The van der Waals surface area contributed by atoms with Gasteiger partial charge in [0.1, 0.15) is 5.82 Å². The number of hydrogen-bond acceptors (Lipinski definition) is 1. The Morgan fingerprint density at radius 3 is 2.57 bits per heavy atom. The van der Waals surface area contributed by atoms with Crippen LogP contribution >= 0.6 is 0 Å². The van der Waals surface area contributed by atoms with Gasteiger partial charge < -0.3 is 0 Å². The second-order valence-electron chi connectivity index (χ2n) is 9.47. The Morgan fingerprint density at radius 2 is 1.87 bits per heavy atom. The number of hydrogen-bond donors (Lipinski definition) is 0. The lowest BCUT2D eigenvalue weighted by molar-refractivity contribution is 0.135. The molecule has 1 aliphatic rings. The fourth-order valence-corrected chi connectivity index (χ4v) is 5.53. The summed E-state index contributed by atoms with van der Waals surface area (Å²) in [7, 11) is 0. The molecule has 2 aromatic rings. The smallest absolute Gasteiger partial charge is 0.132 e. The van der Waals surface area contributed by atoms with Gasteiger partial charge in [0.15, 0.2) is 0 Å². The number of unbranched alkanes of at least 4 members (excludes halogenated alkanes) is 1. The van der Waals surface area contributed by atoms with Gasteiger partial charge in [-0.2, -0.15) is 0 Å². The molecule has 1 aromatic carbocycles. The van der Waals surface area contributed by atoms with E-state index in [1.54, 1.807) is 12.3 Å². The van der Waals surface area contributed by atoms with Crippen molar-refractivity contribution in [2.24, 2.45) is 17.8 Å². The zero-order chi connectivity index (χ0) is 21.3. The van der Waals surface area contributed by atoms with E-state index < -0.39 is 0 Å². The lowest BCUT2D eigenvalue weighted by atomic mass is 9.68. The summed E-state index contributed by atoms with van der Waals surface area (Å²) in [5.41, 5.74) is 3.55. The molecular weight excluding hydrogens is 369 g/mol. The van der Waals surface area contributed by atoms with Gasteiger partial charge in [-0.15, -0.1) is 0 Å². The van der Waals surface area contributed by atoms with E-state index in [4.69, 9.17) is 0 Å². The molecule has 164 valence electrons. The third kappa shape index (κ3) is 6.15. The first-order valence-electron chi connectivity index (χ1n) is 12.3. The molecule has 1 unspecified atom stereocenters. The molecular formula is C28H40FN. The summed E-state index contributed by atoms with van der Waals surface area (Å²) in [5, 5.41) is 0. The quantitative estimate of drug-likeness (QED) is 0.383. The molecule has 1 fully saturated rings. The van der Waals surface area contributed by atoms with Crippen LogP contribution in [0.1, 0.15) is 89.2 Å². The van der Waals surface area contributed by atoms with Crippen LogP contribution in [-0.2, 0) is 6.42 Å². The van der Waals surface area contributed by atoms with Crippen LogP contribution in [0.25, 0.3) is 11.3 Å². The van der Waals surface area contributed by atoms with Crippen molar-refractivity contribution in [1.82, 2.24) is 4.98 Å². The molecule has 3 atom stereocenters. The minimum absolute atomic E-state index is 0.143. The normalized spacial score (nSPS) is 20.3. The number of halogens is 1. The highest BCUT2D eigenvalue weighted by molar-refractivity contribution is 5.60. The Labute approximate surface area is 183 Å². The van der Waals surface area contributed by atoms with Crippen molar-refractivity contribution < 1.29 is 4.39 Å². The zero-order valence-electron chi connectivity index (χ0n) is 19.3. The largest absolute Gasteiger partial charge is 0.256 e. The van der Waals surface area contributed by atoms with E-state index in [9.17, 15) is 4.39 Å². The van der Waals surface area contributed by atoms with Crippen molar-refractivity contribution in [2.45, 2.75) is 91.4 Å². The lowest BCUT2D eigenvalue weighted by Gasteiger charge is -2.38. The second kappa shape index (κ2) is 11.6. The molecule has 3 rings (SSSR count). The SMILES string of the molecule is CCCCC(CCC)[C@@H]1CCCC[C@H]1CCc1ccc(-c2ccc(C)cn2)c(F)c1. The maximum atomic E-state index is 14.8. The molecule has 0 saturated heterocycles. The molecule has 0 aliphatic heterocycles. The fourth-order valence-electron chi connectivity index (χ4n) is 5.53. The van der Waals surface area contributed by atoms with E-state index in [1.807, 2.05) is 25.1 Å². The Kier molecular flexibility index (Phi) is 8.90. The maximum Gasteiger partial charge on any atom is 0.132 e. The van der Waals surface area contributed by atoms with Gasteiger partial charge in [0.05, 0.1) is 5.69 Å². The van der Waals surface area contributed by atoms with Crippen LogP contribution in [0, 0.1) is 30.5 Å². The predicted molar refractivity (Wildman–Crippen MR) is 126 cm³/mol. The van der Waals surface area contributed by atoms with Gasteiger partial charge >= 0.3 is 0 Å². The molecule has 0 N–H and O–H groups in total. The van der Waals surface area contributed by atoms with Crippen LogP contribution in [0.3, 0.4) is 0 Å². The Morgan fingerprint density at radius 1 is 1.03 bits per heavy atom. The maximum absolute atomic E-state index is 14.8. The molecule has 0 radical (unpaired) electrons. The molecule has 2 heteroatoms. The standard InChI is InChI=1S/C28H40FN/c1-4-6-10-23(9-5-2)25-12-8-7-11-24(25)16-14-22-15-17-26(27(29)19-22)28-18-13-21(3)20-30-28/h13,15,17-20,23-25H,4-12,14,16H2,1-3H3/t23?,24-,25-/m0/s1. The molecule has 1 aromatic heterocycles. The van der Waals surface area contributed by atoms with Gasteiger partial charge in [0.2, 0.25) is 0 Å². The summed E-state index contributed by atoms with van der Waals surface area (Å²) >= 11 is 0. The third-order valence-corrected chi connectivity index (χ3v) is 7.19. The third-order valence-electron chi connectivity index (χ3n) is 7.19. The van der Waals surface area contributed by atoms with Gasteiger partial charge in [0, 0.05) is 11.8 Å². The fraction of sp³-hybridized carbons (Fsp3) is 0.607. The van der Waals surface area contributed by atoms with Gasteiger partial charge in [-0.05, 0) is 73.3 Å². The number of benzene rings is 1. The molecule has 1 nitrogen and oxygen atoms in total. The van der Waals surface area contributed by atoms with Crippen LogP contribution in [0.5, 0.6) is 0 Å². The Bertz CT molecular complexity index is 767. The zero-order valence-corrected chi connectivity index (χ0v) is 19.3. The van der Waals surface area contributed by atoms with E-state index in [-0.39, 0.29) is 5.82 Å². The van der Waals surface area contributed by atoms with E-state index in [1.165, 1.54) is 64.2 Å². The van der Waals surface area contributed by atoms with Crippen molar-refractivity contribution in [3.8, 4) is 11.3 Å². The minimum Gasteiger partial charge on any atom is -0.256 e. The molecule has 30 heavy (non-hydrogen) atoms. The number of nitrogens with zero attached hydrogens (tertiary/aromatic N) is 1. The number of rotatable bonds is 10. The van der Waals surface area contributed by atoms with Crippen molar-refractivity contribution >= 4 is 0 Å². The van der Waals surface area contributed by atoms with E-state index in [2.05, 4.69) is 24.9 Å². The molecule has 1 heterocycles. The van der Waals surface area contributed by atoms with Crippen LogP contribution in [0.15, 0.2) is 36.5 Å². The summed E-state index contributed by atoms with van der Waals surface area (Å²) in [6, 6.07) is 9.67. The van der Waals surface area contributed by atoms with Crippen LogP contribution in [0.4, 0.5) is 4.39 Å². The Hall–Kier alpha value is -1.70. The minimum atomic E-state index is -0.143. The summed E-state index contributed by atoms with van der Waals surface area (Å²) in [6.07, 6.45) is 16.3. The van der Waals surface area contributed by atoms with Crippen molar-refractivity contribution in [3.05, 3.63) is 53.5 Å². The van der Waals surface area contributed by atoms with Crippen molar-refractivity contribution in [2.75, 3.05) is 0 Å². The first-order chi connectivity index (χ1) is 14.6. The molecule has 0 amide bonds. The van der Waals surface area contributed by atoms with Crippen LogP contribution in [-0.4, -0.2) is 4.98 Å². The molecule has 0 spiro atoms. The summed E-state index contributed by atoms with van der Waals surface area (Å²) in [6.45, 7) is 6.65. The average Bonchev–Trinajstić information content (AvgIpc) is 2.76. The highest BCUT2D eigenvalue weighted by Crippen LogP contribution is 2.41. The summed E-state index contributed by atoms with van der Waals surface area (Å²) in [5.74, 6) is 2.45. The van der Waals surface area contributed by atoms with E-state index >= 15 is 0 Å². The second-order valence-corrected chi connectivity index (χ2v) is 9.47. The number of aromatic nitrogens is 1. The van der Waals surface area contributed by atoms with Crippen molar-refractivity contribution in [1.29, 1.82) is 0 Å². The number of aryl methyl sites for hydroxylation is 2. The highest BCUT2D eigenvalue weighted by Gasteiger charge is 2.30. The summed E-state index contributed by atoms with van der Waals surface area (Å²) < 4.78 is 14.8. The van der Waals surface area contributed by atoms with Crippen molar-refractivity contribution in [3.63, 3.8) is 0 Å². The predicted octanol–water partition coefficient (Wildman–Crippen LogP) is 8.54. The Balaban J connectivity index is 1.65. The highest BCUT2D eigenvalue weighted by atomic mass is 19.1. The van der Waals surface area contributed by atoms with E-state index in [0.717, 1.165) is 41.0 Å². The number of pyridine rings is 1. The van der Waals surface area contributed by atoms with E-state index in [0.29, 0.717) is 5.56 Å². The van der Waals surface area contributed by atoms with Gasteiger partial charge in [-0.1, -0.05) is 77.3 Å². The van der Waals surface area contributed by atoms with Gasteiger partial charge in [-0.3, -0.25) is 4.98 Å². The van der Waals surface area contributed by atoms with Crippen LogP contribution < -0.4 is 0 Å². The molecule has 0 bridgehead atoms.